The van der Waals surface area contributed by atoms with Crippen molar-refractivity contribution in [1.29, 1.82) is 0 Å². The molecule has 1 aromatic heterocycles. The number of carbonyl (C=O) groups is 1. The first-order valence-corrected chi connectivity index (χ1v) is 7.63. The van der Waals surface area contributed by atoms with Crippen LogP contribution in [0.5, 0.6) is 0 Å². The van der Waals surface area contributed by atoms with Gasteiger partial charge in [0.1, 0.15) is 6.20 Å². The molecule has 8 nitrogen and oxygen atoms in total. The minimum Gasteiger partial charge on any atom is -0.295 e. The summed E-state index contributed by atoms with van der Waals surface area (Å²) in [5.74, 6) is -1.95. The van der Waals surface area contributed by atoms with E-state index in [1.165, 1.54) is 0 Å². The first kappa shape index (κ1) is 15.6. The highest BCUT2D eigenvalue weighted by Gasteiger charge is 2.35. The third-order valence-corrected chi connectivity index (χ3v) is 4.06. The zero-order chi connectivity index (χ0) is 15.8. The number of pyridine rings is 1. The fourth-order valence-electron chi connectivity index (χ4n) is 2.10. The van der Waals surface area contributed by atoms with Gasteiger partial charge in [0.25, 0.3) is 5.69 Å². The lowest BCUT2D eigenvalue weighted by atomic mass is 10.1. The zero-order valence-corrected chi connectivity index (χ0v) is 12.0. The predicted molar refractivity (Wildman–Crippen MR) is 71.3 cm³/mol. The smallest absolute Gasteiger partial charge is 0.295 e. The Hall–Kier alpha value is -1.81. The molecule has 0 radical (unpaired) electrons. The van der Waals surface area contributed by atoms with Gasteiger partial charge >= 0.3 is 10.2 Å². The maximum absolute atomic E-state index is 12.6. The molecule has 0 saturated carbocycles. The van der Waals surface area contributed by atoms with E-state index in [0.717, 1.165) is 17.2 Å². The molecule has 1 saturated heterocycles. The Bertz CT molecular complexity index is 711. The van der Waals surface area contributed by atoms with Gasteiger partial charge in [-0.15, -0.1) is 3.89 Å². The molecule has 1 amide bonds. The van der Waals surface area contributed by atoms with Gasteiger partial charge < -0.3 is 0 Å². The molecular weight excluding hydrogens is 329 g/mol. The van der Waals surface area contributed by atoms with E-state index in [0.29, 0.717) is 0 Å². The average Bonchev–Trinajstić information content (AvgIpc) is 2.67. The van der Waals surface area contributed by atoms with Gasteiger partial charge in [-0.25, -0.2) is 4.98 Å². The Kier molecular flexibility index (Phi) is 4.10. The minimum atomic E-state index is -4.69. The Labute approximate surface area is 123 Å². The number of aromatic nitrogens is 1. The van der Waals surface area contributed by atoms with Gasteiger partial charge in [-0.1, -0.05) is 11.6 Å². The third-order valence-electron chi connectivity index (χ3n) is 2.91. The summed E-state index contributed by atoms with van der Waals surface area (Å²) in [6.45, 7) is -0.0630. The molecule has 1 aliphatic rings. The molecule has 1 unspecified atom stereocenters. The van der Waals surface area contributed by atoms with Gasteiger partial charge in [0.05, 0.1) is 15.7 Å². The van der Waals surface area contributed by atoms with Crippen LogP contribution in [0.1, 0.15) is 6.42 Å². The fourth-order valence-corrected chi connectivity index (χ4v) is 3.15. The largest absolute Gasteiger partial charge is 0.302 e. The van der Waals surface area contributed by atoms with E-state index in [9.17, 15) is 27.2 Å². The summed E-state index contributed by atoms with van der Waals surface area (Å²) in [6.07, 6.45) is 0.784. The van der Waals surface area contributed by atoms with Gasteiger partial charge in [0, 0.05) is 24.9 Å². The number of anilines is 1. The molecule has 114 valence electrons. The Morgan fingerprint density at radius 1 is 1.57 bits per heavy atom. The van der Waals surface area contributed by atoms with E-state index >= 15 is 0 Å². The first-order chi connectivity index (χ1) is 9.67. The third kappa shape index (κ3) is 3.64. The lowest BCUT2D eigenvalue weighted by Gasteiger charge is -2.16. The molecule has 0 spiro atoms. The number of halogens is 2. The fraction of sp³-hybridized carbons (Fsp3) is 0.400. The maximum atomic E-state index is 12.6. The Balaban J connectivity index is 2.23. The molecule has 11 heteroatoms. The van der Waals surface area contributed by atoms with Crippen LogP contribution in [0.15, 0.2) is 12.3 Å². The van der Waals surface area contributed by atoms with Crippen LogP contribution in [0.4, 0.5) is 15.4 Å². The second-order valence-corrected chi connectivity index (χ2v) is 6.35. The van der Waals surface area contributed by atoms with Crippen LogP contribution >= 0.6 is 11.6 Å². The summed E-state index contributed by atoms with van der Waals surface area (Å²) in [4.78, 5) is 26.6. The van der Waals surface area contributed by atoms with Crippen molar-refractivity contribution in [3.05, 3.63) is 27.4 Å². The van der Waals surface area contributed by atoms with E-state index in [1.54, 1.807) is 0 Å². The van der Waals surface area contributed by atoms with Crippen LogP contribution < -0.4 is 4.90 Å². The maximum Gasteiger partial charge on any atom is 0.302 e. The van der Waals surface area contributed by atoms with Gasteiger partial charge in [-0.2, -0.15) is 8.42 Å². The van der Waals surface area contributed by atoms with Crippen molar-refractivity contribution >= 4 is 39.2 Å². The van der Waals surface area contributed by atoms with Crippen molar-refractivity contribution in [3.8, 4) is 0 Å². The number of hydrogen-bond acceptors (Lipinski definition) is 6. The lowest BCUT2D eigenvalue weighted by molar-refractivity contribution is -0.385. The van der Waals surface area contributed by atoms with Gasteiger partial charge in [0.2, 0.25) is 5.91 Å². The standard InChI is InChI=1S/C10H9ClFN3O5S/c11-8-2-7(15(17)18)3-13-10(8)14-4-6(1-9(14)16)5-21(12,19)20/h2-3,6H,1,4-5H2. The summed E-state index contributed by atoms with van der Waals surface area (Å²) >= 11 is 5.85. The van der Waals surface area contributed by atoms with E-state index in [2.05, 4.69) is 4.98 Å². The van der Waals surface area contributed by atoms with Crippen molar-refractivity contribution in [2.24, 2.45) is 5.92 Å². The van der Waals surface area contributed by atoms with E-state index in [4.69, 9.17) is 11.6 Å². The number of hydrogen-bond donors (Lipinski definition) is 0. The quantitative estimate of drug-likeness (QED) is 0.465. The Morgan fingerprint density at radius 2 is 2.24 bits per heavy atom. The van der Waals surface area contributed by atoms with Crippen LogP contribution in [0.25, 0.3) is 0 Å². The molecular formula is C10H9ClFN3O5S. The number of carbonyl (C=O) groups excluding carboxylic acids is 1. The van der Waals surface area contributed by atoms with Crippen molar-refractivity contribution in [2.45, 2.75) is 6.42 Å². The van der Waals surface area contributed by atoms with Crippen LogP contribution in [-0.2, 0) is 15.0 Å². The zero-order valence-electron chi connectivity index (χ0n) is 10.4. The number of nitrogens with zero attached hydrogens (tertiary/aromatic N) is 3. The summed E-state index contributed by atoms with van der Waals surface area (Å²) in [5.41, 5.74) is -0.335. The SMILES string of the molecule is O=C1CC(CS(=O)(=O)F)CN1c1ncc([N+](=O)[O-])cc1Cl. The van der Waals surface area contributed by atoms with Crippen molar-refractivity contribution in [3.63, 3.8) is 0 Å². The topological polar surface area (TPSA) is 110 Å². The van der Waals surface area contributed by atoms with Crippen molar-refractivity contribution < 1.29 is 22.0 Å². The first-order valence-electron chi connectivity index (χ1n) is 5.70. The lowest BCUT2D eigenvalue weighted by Crippen LogP contribution is -2.26. The summed E-state index contributed by atoms with van der Waals surface area (Å²) in [5, 5.41) is 10.5. The molecule has 1 atom stereocenters. The van der Waals surface area contributed by atoms with E-state index in [1.807, 2.05) is 0 Å². The molecule has 0 aromatic carbocycles. The Morgan fingerprint density at radius 3 is 2.76 bits per heavy atom. The highest BCUT2D eigenvalue weighted by atomic mass is 35.5. The average molecular weight is 338 g/mol. The molecule has 1 aliphatic heterocycles. The molecule has 1 fully saturated rings. The molecule has 2 rings (SSSR count). The van der Waals surface area contributed by atoms with E-state index in [-0.39, 0.29) is 29.5 Å². The predicted octanol–water partition coefficient (Wildman–Crippen LogP) is 1.30. The van der Waals surface area contributed by atoms with Crippen LogP contribution in [-0.4, -0.2) is 36.5 Å². The second-order valence-electron chi connectivity index (χ2n) is 4.54. The molecule has 2 heterocycles. The monoisotopic (exact) mass is 337 g/mol. The highest BCUT2D eigenvalue weighted by Crippen LogP contribution is 2.32. The summed E-state index contributed by atoms with van der Waals surface area (Å²) < 4.78 is 33.9. The normalized spacial score (nSPS) is 19.0. The van der Waals surface area contributed by atoms with Crippen LogP contribution in [0, 0.1) is 16.0 Å². The molecule has 0 bridgehead atoms. The minimum absolute atomic E-state index is 0.00831. The van der Waals surface area contributed by atoms with E-state index < -0.39 is 32.7 Å². The number of amides is 1. The molecule has 21 heavy (non-hydrogen) atoms. The highest BCUT2D eigenvalue weighted by molar-refractivity contribution is 7.86. The van der Waals surface area contributed by atoms with Crippen LogP contribution in [0.3, 0.4) is 0 Å². The molecule has 0 N–H and O–H groups in total. The van der Waals surface area contributed by atoms with Gasteiger partial charge in [-0.3, -0.25) is 19.8 Å². The van der Waals surface area contributed by atoms with Crippen molar-refractivity contribution in [1.82, 2.24) is 4.98 Å². The van der Waals surface area contributed by atoms with Gasteiger partial charge in [-0.05, 0) is 0 Å². The van der Waals surface area contributed by atoms with Crippen molar-refractivity contribution in [2.75, 3.05) is 17.2 Å². The van der Waals surface area contributed by atoms with Crippen LogP contribution in [0.2, 0.25) is 5.02 Å². The summed E-state index contributed by atoms with van der Waals surface area (Å²) in [7, 11) is -4.69. The number of nitro groups is 1. The molecule has 1 aromatic rings. The van der Waals surface area contributed by atoms with Gasteiger partial charge in [0.15, 0.2) is 5.82 Å². The molecule has 0 aliphatic carbocycles. The number of rotatable bonds is 4. The second kappa shape index (κ2) is 5.53. The summed E-state index contributed by atoms with van der Waals surface area (Å²) in [6, 6.07) is 1.04.